The zero-order chi connectivity index (χ0) is 12.8. The molecule has 2 aromatic rings. The number of hydrogen-bond acceptors (Lipinski definition) is 4. The first-order chi connectivity index (χ1) is 8.79. The van der Waals surface area contributed by atoms with Crippen LogP contribution >= 0.6 is 0 Å². The van der Waals surface area contributed by atoms with Crippen molar-refractivity contribution >= 4 is 5.69 Å². The van der Waals surface area contributed by atoms with E-state index in [2.05, 4.69) is 28.3 Å². The molecule has 1 heterocycles. The maximum Gasteiger partial charge on any atom is 0.122 e. The molecule has 0 radical (unpaired) electrons. The number of para-hydroxylation sites is 1. The van der Waals surface area contributed by atoms with Crippen molar-refractivity contribution in [2.75, 3.05) is 12.4 Å². The van der Waals surface area contributed by atoms with E-state index in [1.807, 2.05) is 18.2 Å². The molecule has 0 saturated carbocycles. The highest BCUT2D eigenvalue weighted by Crippen LogP contribution is 2.19. The van der Waals surface area contributed by atoms with Crippen LogP contribution in [0.1, 0.15) is 12.5 Å². The van der Waals surface area contributed by atoms with Crippen LogP contribution in [-0.2, 0) is 6.42 Å². The van der Waals surface area contributed by atoms with Crippen molar-refractivity contribution < 1.29 is 4.74 Å². The SMILES string of the molecule is COc1ccccc1CC(C)Nc1cncnc1. The number of nitrogens with one attached hydrogen (secondary N) is 1. The lowest BCUT2D eigenvalue weighted by Crippen LogP contribution is -2.18. The molecule has 4 nitrogen and oxygen atoms in total. The quantitative estimate of drug-likeness (QED) is 0.876. The van der Waals surface area contributed by atoms with Gasteiger partial charge in [0.2, 0.25) is 0 Å². The highest BCUT2D eigenvalue weighted by Gasteiger charge is 2.07. The van der Waals surface area contributed by atoms with Crippen LogP contribution in [-0.4, -0.2) is 23.1 Å². The molecule has 1 aromatic heterocycles. The molecule has 2 rings (SSSR count). The van der Waals surface area contributed by atoms with E-state index in [4.69, 9.17) is 4.74 Å². The van der Waals surface area contributed by atoms with Gasteiger partial charge in [-0.2, -0.15) is 0 Å². The topological polar surface area (TPSA) is 47.0 Å². The van der Waals surface area contributed by atoms with Crippen molar-refractivity contribution in [1.29, 1.82) is 0 Å². The Kier molecular flexibility index (Phi) is 4.12. The minimum atomic E-state index is 0.285. The molecule has 0 fully saturated rings. The van der Waals surface area contributed by atoms with Crippen molar-refractivity contribution in [2.45, 2.75) is 19.4 Å². The molecule has 1 unspecified atom stereocenters. The molecule has 0 aliphatic carbocycles. The molecular weight excluding hydrogens is 226 g/mol. The molecule has 0 aliphatic heterocycles. The summed E-state index contributed by atoms with van der Waals surface area (Å²) in [6.45, 7) is 2.12. The third-order valence-corrected chi connectivity index (χ3v) is 2.69. The van der Waals surface area contributed by atoms with Gasteiger partial charge in [-0.15, -0.1) is 0 Å². The van der Waals surface area contributed by atoms with Gasteiger partial charge in [0.1, 0.15) is 12.1 Å². The first-order valence-electron chi connectivity index (χ1n) is 5.93. The number of methoxy groups -OCH3 is 1. The first-order valence-corrected chi connectivity index (χ1v) is 5.93. The second kappa shape index (κ2) is 6.00. The number of ether oxygens (including phenoxy) is 1. The van der Waals surface area contributed by atoms with Crippen molar-refractivity contribution in [3.8, 4) is 5.75 Å². The number of nitrogens with zero attached hydrogens (tertiary/aromatic N) is 2. The molecule has 0 spiro atoms. The summed E-state index contributed by atoms with van der Waals surface area (Å²) < 4.78 is 5.34. The molecule has 0 bridgehead atoms. The minimum absolute atomic E-state index is 0.285. The average Bonchev–Trinajstić information content (AvgIpc) is 2.40. The number of rotatable bonds is 5. The summed E-state index contributed by atoms with van der Waals surface area (Å²) in [5.74, 6) is 0.926. The predicted octanol–water partition coefficient (Wildman–Crippen LogP) is 2.53. The van der Waals surface area contributed by atoms with Gasteiger partial charge in [-0.05, 0) is 25.0 Å². The van der Waals surface area contributed by atoms with Crippen LogP contribution in [0.15, 0.2) is 43.0 Å². The summed E-state index contributed by atoms with van der Waals surface area (Å²) in [5, 5.41) is 3.36. The normalized spacial score (nSPS) is 11.9. The lowest BCUT2D eigenvalue weighted by atomic mass is 10.1. The van der Waals surface area contributed by atoms with Gasteiger partial charge < -0.3 is 10.1 Å². The fourth-order valence-corrected chi connectivity index (χ4v) is 1.91. The van der Waals surface area contributed by atoms with Crippen LogP contribution < -0.4 is 10.1 Å². The fourth-order valence-electron chi connectivity index (χ4n) is 1.91. The number of hydrogen-bond donors (Lipinski definition) is 1. The van der Waals surface area contributed by atoms with E-state index in [1.165, 1.54) is 11.9 Å². The van der Waals surface area contributed by atoms with E-state index >= 15 is 0 Å². The summed E-state index contributed by atoms with van der Waals surface area (Å²) in [5.41, 5.74) is 2.12. The highest BCUT2D eigenvalue weighted by atomic mass is 16.5. The summed E-state index contributed by atoms with van der Waals surface area (Å²) in [6, 6.07) is 8.35. The monoisotopic (exact) mass is 243 g/mol. The Bertz CT molecular complexity index is 487. The minimum Gasteiger partial charge on any atom is -0.496 e. The van der Waals surface area contributed by atoms with Crippen molar-refractivity contribution in [2.24, 2.45) is 0 Å². The van der Waals surface area contributed by atoms with Gasteiger partial charge in [-0.1, -0.05) is 18.2 Å². The maximum atomic E-state index is 5.34. The van der Waals surface area contributed by atoms with Crippen LogP contribution in [0.5, 0.6) is 5.75 Å². The van der Waals surface area contributed by atoms with Crippen LogP contribution in [0, 0.1) is 0 Å². The van der Waals surface area contributed by atoms with E-state index in [1.54, 1.807) is 19.5 Å². The van der Waals surface area contributed by atoms with Gasteiger partial charge in [0.25, 0.3) is 0 Å². The molecule has 0 aliphatic rings. The molecule has 0 saturated heterocycles. The molecular formula is C14H17N3O. The Morgan fingerprint density at radius 2 is 1.94 bits per heavy atom. The van der Waals surface area contributed by atoms with Gasteiger partial charge >= 0.3 is 0 Å². The lowest BCUT2D eigenvalue weighted by Gasteiger charge is -2.16. The number of anilines is 1. The van der Waals surface area contributed by atoms with Crippen molar-refractivity contribution in [3.63, 3.8) is 0 Å². The smallest absolute Gasteiger partial charge is 0.122 e. The molecule has 1 aromatic carbocycles. The Labute approximate surface area is 107 Å². The van der Waals surface area contributed by atoms with Gasteiger partial charge in [-0.3, -0.25) is 0 Å². The van der Waals surface area contributed by atoms with Crippen molar-refractivity contribution in [1.82, 2.24) is 9.97 Å². The van der Waals surface area contributed by atoms with Crippen molar-refractivity contribution in [3.05, 3.63) is 48.5 Å². The zero-order valence-electron chi connectivity index (χ0n) is 10.6. The third kappa shape index (κ3) is 3.20. The highest BCUT2D eigenvalue weighted by molar-refractivity contribution is 5.40. The second-order valence-electron chi connectivity index (χ2n) is 4.19. The van der Waals surface area contributed by atoms with Crippen LogP contribution in [0.2, 0.25) is 0 Å². The average molecular weight is 243 g/mol. The molecule has 1 atom stereocenters. The van der Waals surface area contributed by atoms with Gasteiger partial charge in [0.15, 0.2) is 0 Å². The van der Waals surface area contributed by atoms with Gasteiger partial charge in [0, 0.05) is 6.04 Å². The molecule has 4 heteroatoms. The number of aromatic nitrogens is 2. The third-order valence-electron chi connectivity index (χ3n) is 2.69. The summed E-state index contributed by atoms with van der Waals surface area (Å²) >= 11 is 0. The fraction of sp³-hybridized carbons (Fsp3) is 0.286. The Hall–Kier alpha value is -2.10. The maximum absolute atomic E-state index is 5.34. The Balaban J connectivity index is 2.01. The summed E-state index contributed by atoms with van der Waals surface area (Å²) in [7, 11) is 1.70. The predicted molar refractivity (Wildman–Crippen MR) is 71.8 cm³/mol. The summed E-state index contributed by atoms with van der Waals surface area (Å²) in [6.07, 6.45) is 5.95. The van der Waals surface area contributed by atoms with Crippen LogP contribution in [0.3, 0.4) is 0 Å². The van der Waals surface area contributed by atoms with E-state index in [0.717, 1.165) is 17.9 Å². The van der Waals surface area contributed by atoms with E-state index < -0.39 is 0 Å². The van der Waals surface area contributed by atoms with Gasteiger partial charge in [0.05, 0.1) is 25.2 Å². The molecule has 18 heavy (non-hydrogen) atoms. The van der Waals surface area contributed by atoms with Crippen LogP contribution in [0.25, 0.3) is 0 Å². The zero-order valence-corrected chi connectivity index (χ0v) is 10.6. The van der Waals surface area contributed by atoms with Crippen LogP contribution in [0.4, 0.5) is 5.69 Å². The second-order valence-corrected chi connectivity index (χ2v) is 4.19. The molecule has 0 amide bonds. The number of benzene rings is 1. The largest absolute Gasteiger partial charge is 0.496 e. The van der Waals surface area contributed by atoms with E-state index in [9.17, 15) is 0 Å². The lowest BCUT2D eigenvalue weighted by molar-refractivity contribution is 0.409. The molecule has 94 valence electrons. The first kappa shape index (κ1) is 12.4. The molecule has 1 N–H and O–H groups in total. The van der Waals surface area contributed by atoms with E-state index in [-0.39, 0.29) is 6.04 Å². The summed E-state index contributed by atoms with van der Waals surface area (Å²) in [4.78, 5) is 7.96. The Morgan fingerprint density at radius 1 is 1.22 bits per heavy atom. The van der Waals surface area contributed by atoms with Gasteiger partial charge in [-0.25, -0.2) is 9.97 Å². The van der Waals surface area contributed by atoms with E-state index in [0.29, 0.717) is 0 Å². The standard InChI is InChI=1S/C14H17N3O/c1-11(17-13-8-15-10-16-9-13)7-12-5-3-4-6-14(12)18-2/h3-6,8-11,17H,7H2,1-2H3. The Morgan fingerprint density at radius 3 is 2.67 bits per heavy atom.